The Balaban J connectivity index is 1.66. The van der Waals surface area contributed by atoms with Crippen LogP contribution in [-0.4, -0.2) is 66.4 Å². The standard InChI is InChI=1S/C27H28ClF2N5O5S/c1-16(2)35-23(26(37)33-8-9-41(3,38)39)12-17-10-18(11-22(24(17)35)19-13-31-15-32-14-19)25(36)34-20-4-6-21(7-5-20)40-27(28,29)30/h4-7,10-11,13-16,23H,8-9,12H2,1-3H3,(H,33,37)(H,34,36). The molecule has 14 heteroatoms. The molecule has 0 aliphatic carbocycles. The molecule has 0 spiro atoms. The Kier molecular flexibility index (Phi) is 8.78. The number of anilines is 2. The quantitative estimate of drug-likeness (QED) is 0.332. The van der Waals surface area contributed by atoms with Crippen molar-refractivity contribution in [1.29, 1.82) is 0 Å². The van der Waals surface area contributed by atoms with E-state index < -0.39 is 27.4 Å². The molecule has 1 atom stereocenters. The summed E-state index contributed by atoms with van der Waals surface area (Å²) in [6.45, 7) is 3.85. The summed E-state index contributed by atoms with van der Waals surface area (Å²) in [6, 6.07) is 7.90. The number of benzene rings is 2. The Labute approximate surface area is 241 Å². The van der Waals surface area contributed by atoms with Gasteiger partial charge in [-0.25, -0.2) is 18.4 Å². The van der Waals surface area contributed by atoms with Crippen LogP contribution >= 0.6 is 11.6 Å². The number of nitrogens with one attached hydrogen (secondary N) is 2. The third-order valence-corrected chi connectivity index (χ3v) is 7.33. The number of halogens is 3. The smallest absolute Gasteiger partial charge is 0.420 e. The number of nitrogens with zero attached hydrogens (tertiary/aromatic N) is 3. The van der Waals surface area contributed by atoms with Crippen molar-refractivity contribution < 1.29 is 31.5 Å². The fourth-order valence-electron chi connectivity index (χ4n) is 4.66. The molecule has 2 N–H and O–H groups in total. The topological polar surface area (TPSA) is 131 Å². The lowest BCUT2D eigenvalue weighted by Crippen LogP contribution is -2.49. The molecule has 1 unspecified atom stereocenters. The maximum Gasteiger partial charge on any atom is 0.487 e. The third kappa shape index (κ3) is 7.67. The molecular weight excluding hydrogens is 580 g/mol. The Hall–Kier alpha value is -3.84. The highest BCUT2D eigenvalue weighted by Crippen LogP contribution is 2.43. The van der Waals surface area contributed by atoms with Gasteiger partial charge < -0.3 is 20.3 Å². The lowest BCUT2D eigenvalue weighted by atomic mass is 9.97. The largest absolute Gasteiger partial charge is 0.487 e. The first kappa shape index (κ1) is 30.1. The Morgan fingerprint density at radius 3 is 2.41 bits per heavy atom. The summed E-state index contributed by atoms with van der Waals surface area (Å²) in [7, 11) is -3.25. The van der Waals surface area contributed by atoms with E-state index in [9.17, 15) is 26.8 Å². The van der Waals surface area contributed by atoms with Crippen LogP contribution in [0, 0.1) is 0 Å². The van der Waals surface area contributed by atoms with Gasteiger partial charge in [0.25, 0.3) is 5.91 Å². The summed E-state index contributed by atoms with van der Waals surface area (Å²) in [4.78, 5) is 36.7. The number of rotatable bonds is 10. The molecular formula is C27H28ClF2N5O5S. The van der Waals surface area contributed by atoms with Crippen LogP contribution in [0.1, 0.15) is 29.8 Å². The Morgan fingerprint density at radius 1 is 1.17 bits per heavy atom. The molecule has 4 rings (SSSR count). The first-order valence-electron chi connectivity index (χ1n) is 12.5. The van der Waals surface area contributed by atoms with Gasteiger partial charge in [0.1, 0.15) is 28.0 Å². The van der Waals surface area contributed by atoms with Crippen LogP contribution in [0.3, 0.4) is 0 Å². The number of fused-ring (bicyclic) bond motifs is 1. The van der Waals surface area contributed by atoms with Gasteiger partial charge in [-0.1, -0.05) is 0 Å². The molecule has 1 aliphatic rings. The lowest BCUT2D eigenvalue weighted by Gasteiger charge is -2.32. The van der Waals surface area contributed by atoms with Crippen molar-refractivity contribution in [2.75, 3.05) is 28.8 Å². The summed E-state index contributed by atoms with van der Waals surface area (Å²) >= 11 is 4.80. The minimum atomic E-state index is -3.86. The highest BCUT2D eigenvalue weighted by atomic mass is 35.5. The summed E-state index contributed by atoms with van der Waals surface area (Å²) in [5.74, 6) is -1.16. The summed E-state index contributed by atoms with van der Waals surface area (Å²) in [5, 5.41) is 5.45. The number of aromatic nitrogens is 2. The zero-order valence-electron chi connectivity index (χ0n) is 22.4. The first-order valence-corrected chi connectivity index (χ1v) is 15.0. The summed E-state index contributed by atoms with van der Waals surface area (Å²) in [5.41, 5.74) is -0.486. The molecule has 2 heterocycles. The van der Waals surface area contributed by atoms with Gasteiger partial charge >= 0.3 is 5.57 Å². The molecule has 0 saturated heterocycles. The van der Waals surface area contributed by atoms with Gasteiger partial charge in [0.05, 0.1) is 5.75 Å². The van der Waals surface area contributed by atoms with Crippen molar-refractivity contribution in [1.82, 2.24) is 15.3 Å². The van der Waals surface area contributed by atoms with E-state index in [4.69, 9.17) is 11.6 Å². The molecule has 0 radical (unpaired) electrons. The van der Waals surface area contributed by atoms with E-state index in [0.29, 0.717) is 16.8 Å². The molecule has 0 fully saturated rings. The second-order valence-corrected chi connectivity index (χ2v) is 12.5. The molecule has 1 aliphatic heterocycles. The number of amides is 2. The highest BCUT2D eigenvalue weighted by molar-refractivity contribution is 7.90. The number of alkyl halides is 3. The van der Waals surface area contributed by atoms with Crippen LogP contribution < -0.4 is 20.3 Å². The fraction of sp³-hybridized carbons (Fsp3) is 0.333. The van der Waals surface area contributed by atoms with Crippen LogP contribution in [0.2, 0.25) is 0 Å². The molecule has 10 nitrogen and oxygen atoms in total. The van der Waals surface area contributed by atoms with E-state index in [1.54, 1.807) is 24.5 Å². The maximum atomic E-state index is 13.3. The second kappa shape index (κ2) is 12.0. The summed E-state index contributed by atoms with van der Waals surface area (Å²) in [6.07, 6.45) is 5.97. The first-order chi connectivity index (χ1) is 19.2. The van der Waals surface area contributed by atoms with Crippen LogP contribution in [0.5, 0.6) is 5.75 Å². The van der Waals surface area contributed by atoms with Crippen LogP contribution in [0.4, 0.5) is 20.2 Å². The molecule has 218 valence electrons. The van der Waals surface area contributed by atoms with E-state index in [2.05, 4.69) is 25.3 Å². The van der Waals surface area contributed by atoms with Gasteiger partial charge in [0.15, 0.2) is 0 Å². The van der Waals surface area contributed by atoms with Crippen molar-refractivity contribution in [2.24, 2.45) is 0 Å². The van der Waals surface area contributed by atoms with Crippen LogP contribution in [0.25, 0.3) is 11.1 Å². The number of sulfone groups is 1. The van der Waals surface area contributed by atoms with Gasteiger partial charge in [-0.05, 0) is 55.8 Å². The van der Waals surface area contributed by atoms with Crippen LogP contribution in [0.15, 0.2) is 55.1 Å². The monoisotopic (exact) mass is 607 g/mol. The normalized spacial score (nSPS) is 15.0. The minimum absolute atomic E-state index is 0.0180. The maximum absolute atomic E-state index is 13.3. The van der Waals surface area contributed by atoms with E-state index in [-0.39, 0.29) is 42.0 Å². The predicted octanol–water partition coefficient (Wildman–Crippen LogP) is 3.86. The number of ether oxygens (including phenoxy) is 1. The van der Waals surface area contributed by atoms with E-state index >= 15 is 0 Å². The zero-order valence-corrected chi connectivity index (χ0v) is 24.0. The highest BCUT2D eigenvalue weighted by Gasteiger charge is 2.38. The van der Waals surface area contributed by atoms with E-state index in [0.717, 1.165) is 17.5 Å². The number of carbonyl (C=O) groups excluding carboxylic acids is 2. The van der Waals surface area contributed by atoms with Crippen molar-refractivity contribution >= 4 is 44.6 Å². The van der Waals surface area contributed by atoms with E-state index in [1.807, 2.05) is 18.7 Å². The Bertz CT molecular complexity index is 1530. The molecule has 0 bridgehead atoms. The zero-order chi connectivity index (χ0) is 29.9. The Morgan fingerprint density at radius 2 is 1.83 bits per heavy atom. The fourth-order valence-corrected chi connectivity index (χ4v) is 5.23. The molecule has 2 amide bonds. The van der Waals surface area contributed by atoms with E-state index in [1.165, 1.54) is 30.6 Å². The molecule has 1 aromatic heterocycles. The molecule has 3 aromatic rings. The van der Waals surface area contributed by atoms with Gasteiger partial charge in [-0.2, -0.15) is 0 Å². The van der Waals surface area contributed by atoms with Crippen molar-refractivity contribution in [3.8, 4) is 16.9 Å². The lowest BCUT2D eigenvalue weighted by molar-refractivity contribution is -0.122. The SMILES string of the molecule is CC(C)N1c2c(cc(C(=O)Nc3ccc(OC(F)(F)Cl)cc3)cc2-c2cncnc2)CC1C(=O)NCCS(C)(=O)=O. The summed E-state index contributed by atoms with van der Waals surface area (Å²) < 4.78 is 53.2. The average Bonchev–Trinajstić information content (AvgIpc) is 3.28. The van der Waals surface area contributed by atoms with Crippen molar-refractivity contribution in [3.05, 3.63) is 66.2 Å². The predicted molar refractivity (Wildman–Crippen MR) is 151 cm³/mol. The van der Waals surface area contributed by atoms with Gasteiger partial charge in [0, 0.05) is 77.3 Å². The second-order valence-electron chi connectivity index (χ2n) is 9.83. The molecule has 41 heavy (non-hydrogen) atoms. The molecule has 0 saturated carbocycles. The van der Waals surface area contributed by atoms with Crippen molar-refractivity contribution in [3.63, 3.8) is 0 Å². The third-order valence-electron chi connectivity index (χ3n) is 6.31. The van der Waals surface area contributed by atoms with Gasteiger partial charge in [0.2, 0.25) is 5.91 Å². The number of hydrogen-bond donors (Lipinski definition) is 2. The number of carbonyl (C=O) groups is 2. The van der Waals surface area contributed by atoms with Gasteiger partial charge in [-0.3, -0.25) is 9.59 Å². The van der Waals surface area contributed by atoms with Gasteiger partial charge in [-0.15, -0.1) is 8.78 Å². The number of hydrogen-bond acceptors (Lipinski definition) is 8. The minimum Gasteiger partial charge on any atom is -0.420 e. The molecule has 2 aromatic carbocycles. The van der Waals surface area contributed by atoms with Crippen molar-refractivity contribution in [2.45, 2.75) is 37.9 Å². The van der Waals surface area contributed by atoms with Crippen LogP contribution in [-0.2, 0) is 21.1 Å². The average molecular weight is 608 g/mol.